The molecule has 0 radical (unpaired) electrons. The Kier molecular flexibility index (Phi) is 3.73. The summed E-state index contributed by atoms with van der Waals surface area (Å²) in [5, 5.41) is 10.5. The molecule has 22 heavy (non-hydrogen) atoms. The maximum absolute atomic E-state index is 12.9. The van der Waals surface area contributed by atoms with Gasteiger partial charge in [0, 0.05) is 11.5 Å². The van der Waals surface area contributed by atoms with Crippen molar-refractivity contribution < 1.29 is 14.3 Å². The number of carbonyl (C=O) groups is 1. The van der Waals surface area contributed by atoms with E-state index in [0.29, 0.717) is 0 Å². The highest BCUT2D eigenvalue weighted by atomic mass is 19.1. The van der Waals surface area contributed by atoms with E-state index in [1.165, 1.54) is 36.4 Å². The second-order valence-electron chi connectivity index (χ2n) is 5.32. The van der Waals surface area contributed by atoms with Gasteiger partial charge in [-0.3, -0.25) is 4.79 Å². The zero-order valence-corrected chi connectivity index (χ0v) is 11.8. The molecule has 3 rings (SSSR count). The van der Waals surface area contributed by atoms with E-state index in [2.05, 4.69) is 0 Å². The van der Waals surface area contributed by atoms with Gasteiger partial charge in [-0.15, -0.1) is 0 Å². The average Bonchev–Trinajstić information content (AvgIpc) is 2.56. The normalized spacial score (nSPS) is 23.5. The van der Waals surface area contributed by atoms with E-state index in [-0.39, 0.29) is 11.5 Å². The van der Waals surface area contributed by atoms with Crippen molar-refractivity contribution in [2.75, 3.05) is 0 Å². The van der Waals surface area contributed by atoms with Gasteiger partial charge in [0.15, 0.2) is 5.60 Å². The molecular weight excluding hydrogens is 279 g/mol. The predicted octanol–water partition coefficient (Wildman–Crippen LogP) is 3.65. The van der Waals surface area contributed by atoms with Crippen LogP contribution in [0.25, 0.3) is 0 Å². The van der Waals surface area contributed by atoms with Gasteiger partial charge >= 0.3 is 0 Å². The number of benzene rings is 2. The standard InChI is InChI=1S/C19H15FO2/c20-17-8-6-16(7-9-17)18(21)19(22)12-10-15(11-13-19)14-4-2-1-3-5-14/h1-13,15,22H. The topological polar surface area (TPSA) is 37.3 Å². The third kappa shape index (κ3) is 2.76. The number of hydrogen-bond donors (Lipinski definition) is 1. The Morgan fingerprint density at radius 2 is 1.55 bits per heavy atom. The Labute approximate surface area is 128 Å². The number of halogens is 1. The van der Waals surface area contributed by atoms with Crippen molar-refractivity contribution in [2.24, 2.45) is 0 Å². The van der Waals surface area contributed by atoms with Crippen LogP contribution in [0.2, 0.25) is 0 Å². The van der Waals surface area contributed by atoms with Crippen molar-refractivity contribution in [3.63, 3.8) is 0 Å². The number of allylic oxidation sites excluding steroid dienone is 2. The van der Waals surface area contributed by atoms with Crippen LogP contribution in [-0.2, 0) is 0 Å². The van der Waals surface area contributed by atoms with Crippen LogP contribution in [0.15, 0.2) is 78.9 Å². The molecule has 0 spiro atoms. The Balaban J connectivity index is 1.83. The van der Waals surface area contributed by atoms with Crippen molar-refractivity contribution in [1.29, 1.82) is 0 Å². The Bertz CT molecular complexity index is 716. The third-order valence-electron chi connectivity index (χ3n) is 3.77. The molecule has 2 aromatic carbocycles. The fraction of sp³-hybridized carbons (Fsp3) is 0.105. The van der Waals surface area contributed by atoms with E-state index in [0.717, 1.165) is 5.56 Å². The fourth-order valence-corrected chi connectivity index (χ4v) is 2.50. The minimum Gasteiger partial charge on any atom is -0.374 e. The van der Waals surface area contributed by atoms with Gasteiger partial charge in [0.25, 0.3) is 0 Å². The largest absolute Gasteiger partial charge is 0.374 e. The number of Topliss-reactive ketones (excluding diaryl/α,β-unsaturated/α-hetero) is 1. The van der Waals surface area contributed by atoms with Crippen LogP contribution < -0.4 is 0 Å². The number of ketones is 1. The smallest absolute Gasteiger partial charge is 0.202 e. The lowest BCUT2D eigenvalue weighted by molar-refractivity contribution is 0.0668. The minimum absolute atomic E-state index is 0.0301. The molecule has 0 saturated carbocycles. The van der Waals surface area contributed by atoms with Crippen LogP contribution in [0.4, 0.5) is 4.39 Å². The highest BCUT2D eigenvalue weighted by Crippen LogP contribution is 2.28. The van der Waals surface area contributed by atoms with E-state index in [1.807, 2.05) is 30.3 Å². The molecule has 0 heterocycles. The van der Waals surface area contributed by atoms with Gasteiger partial charge in [-0.05, 0) is 42.0 Å². The van der Waals surface area contributed by atoms with Gasteiger partial charge < -0.3 is 5.11 Å². The van der Waals surface area contributed by atoms with Gasteiger partial charge in [-0.2, -0.15) is 0 Å². The predicted molar refractivity (Wildman–Crippen MR) is 83.1 cm³/mol. The molecule has 0 aliphatic heterocycles. The summed E-state index contributed by atoms with van der Waals surface area (Å²) in [5.74, 6) is -0.851. The molecule has 0 atom stereocenters. The minimum atomic E-state index is -1.68. The van der Waals surface area contributed by atoms with Gasteiger partial charge in [0.1, 0.15) is 5.82 Å². The number of aliphatic hydroxyl groups is 1. The number of rotatable bonds is 3. The summed E-state index contributed by atoms with van der Waals surface area (Å²) in [6, 6.07) is 15.0. The summed E-state index contributed by atoms with van der Waals surface area (Å²) >= 11 is 0. The molecule has 0 fully saturated rings. The van der Waals surface area contributed by atoms with Gasteiger partial charge in [-0.25, -0.2) is 4.39 Å². The van der Waals surface area contributed by atoms with E-state index in [1.54, 1.807) is 12.2 Å². The van der Waals surface area contributed by atoms with Crippen molar-refractivity contribution in [3.05, 3.63) is 95.8 Å². The Morgan fingerprint density at radius 3 is 2.14 bits per heavy atom. The SMILES string of the molecule is O=C(c1ccc(F)cc1)C1(O)C=CC(c2ccccc2)C=C1. The van der Waals surface area contributed by atoms with Crippen molar-refractivity contribution >= 4 is 5.78 Å². The molecule has 0 saturated heterocycles. The molecule has 1 aliphatic carbocycles. The molecule has 1 N–H and O–H groups in total. The van der Waals surface area contributed by atoms with Crippen LogP contribution in [-0.4, -0.2) is 16.5 Å². The van der Waals surface area contributed by atoms with Crippen LogP contribution in [0.1, 0.15) is 21.8 Å². The van der Waals surface area contributed by atoms with Crippen LogP contribution in [0.3, 0.4) is 0 Å². The maximum atomic E-state index is 12.9. The monoisotopic (exact) mass is 294 g/mol. The molecule has 0 amide bonds. The fourth-order valence-electron chi connectivity index (χ4n) is 2.50. The van der Waals surface area contributed by atoms with Gasteiger partial charge in [0.2, 0.25) is 5.78 Å². The van der Waals surface area contributed by atoms with E-state index < -0.39 is 17.2 Å². The number of hydrogen-bond acceptors (Lipinski definition) is 2. The van der Waals surface area contributed by atoms with Crippen molar-refractivity contribution in [1.82, 2.24) is 0 Å². The lowest BCUT2D eigenvalue weighted by Crippen LogP contribution is -2.35. The molecule has 0 aromatic heterocycles. The third-order valence-corrected chi connectivity index (χ3v) is 3.77. The quantitative estimate of drug-likeness (QED) is 0.693. The molecule has 0 unspecified atom stereocenters. The lowest BCUT2D eigenvalue weighted by atomic mass is 9.84. The molecule has 2 aromatic rings. The van der Waals surface area contributed by atoms with Crippen molar-refractivity contribution in [2.45, 2.75) is 11.5 Å². The molecular formula is C19H15FO2. The second-order valence-corrected chi connectivity index (χ2v) is 5.32. The lowest BCUT2D eigenvalue weighted by Gasteiger charge is -2.24. The van der Waals surface area contributed by atoms with Crippen molar-refractivity contribution in [3.8, 4) is 0 Å². The molecule has 3 heteroatoms. The van der Waals surface area contributed by atoms with Gasteiger partial charge in [0.05, 0.1) is 0 Å². The van der Waals surface area contributed by atoms with Gasteiger partial charge in [-0.1, -0.05) is 42.5 Å². The Hall–Kier alpha value is -2.52. The molecule has 1 aliphatic rings. The molecule has 110 valence electrons. The van der Waals surface area contributed by atoms with E-state index in [4.69, 9.17) is 0 Å². The van der Waals surface area contributed by atoms with Crippen LogP contribution in [0, 0.1) is 5.82 Å². The summed E-state index contributed by atoms with van der Waals surface area (Å²) in [6.45, 7) is 0. The summed E-state index contributed by atoms with van der Waals surface area (Å²) in [5.41, 5.74) is -0.314. The average molecular weight is 294 g/mol. The first-order valence-electron chi connectivity index (χ1n) is 7.05. The summed E-state index contributed by atoms with van der Waals surface area (Å²) in [6.07, 6.45) is 6.60. The summed E-state index contributed by atoms with van der Waals surface area (Å²) in [7, 11) is 0. The summed E-state index contributed by atoms with van der Waals surface area (Å²) < 4.78 is 12.9. The molecule has 2 nitrogen and oxygen atoms in total. The van der Waals surface area contributed by atoms with Crippen LogP contribution >= 0.6 is 0 Å². The maximum Gasteiger partial charge on any atom is 0.202 e. The first kappa shape index (κ1) is 14.4. The summed E-state index contributed by atoms with van der Waals surface area (Å²) in [4.78, 5) is 12.4. The zero-order valence-electron chi connectivity index (χ0n) is 11.8. The number of carbonyl (C=O) groups excluding carboxylic acids is 1. The first-order chi connectivity index (χ1) is 10.6. The second kappa shape index (κ2) is 5.70. The highest BCUT2D eigenvalue weighted by molar-refractivity contribution is 6.05. The zero-order chi connectivity index (χ0) is 15.6. The Morgan fingerprint density at radius 1 is 0.955 bits per heavy atom. The van der Waals surface area contributed by atoms with E-state index >= 15 is 0 Å². The first-order valence-corrected chi connectivity index (χ1v) is 7.05. The highest BCUT2D eigenvalue weighted by Gasteiger charge is 2.33. The van der Waals surface area contributed by atoms with Crippen LogP contribution in [0.5, 0.6) is 0 Å². The van der Waals surface area contributed by atoms with E-state index in [9.17, 15) is 14.3 Å². The molecule has 0 bridgehead atoms.